The maximum Gasteiger partial charge on any atom is 0.248 e. The molecule has 1 aromatic heterocycles. The summed E-state index contributed by atoms with van der Waals surface area (Å²) in [5, 5.41) is 5.64. The Balaban J connectivity index is 1.41. The smallest absolute Gasteiger partial charge is 0.248 e. The molecule has 0 aliphatic carbocycles. The number of aromatic nitrogens is 1. The van der Waals surface area contributed by atoms with Gasteiger partial charge in [-0.2, -0.15) is 0 Å². The van der Waals surface area contributed by atoms with E-state index in [4.69, 9.17) is 5.73 Å². The highest BCUT2D eigenvalue weighted by Crippen LogP contribution is 2.27. The first-order chi connectivity index (χ1) is 15.1. The molecule has 0 spiro atoms. The molecule has 0 unspecified atom stereocenters. The summed E-state index contributed by atoms with van der Waals surface area (Å²) in [4.78, 5) is 28.1. The van der Waals surface area contributed by atoms with Crippen LogP contribution in [0.2, 0.25) is 0 Å². The predicted octanol–water partition coefficient (Wildman–Crippen LogP) is 5.02. The van der Waals surface area contributed by atoms with Crippen LogP contribution in [0.1, 0.15) is 25.7 Å². The molecule has 158 valence electrons. The Morgan fingerprint density at radius 1 is 0.935 bits per heavy atom. The lowest BCUT2D eigenvalue weighted by Crippen LogP contribution is -2.11. The van der Waals surface area contributed by atoms with Crippen molar-refractivity contribution < 1.29 is 9.59 Å². The molecule has 31 heavy (non-hydrogen) atoms. The van der Waals surface area contributed by atoms with Crippen molar-refractivity contribution in [1.29, 1.82) is 0 Å². The molecule has 0 aliphatic rings. The maximum absolute atomic E-state index is 12.2. The molecular weight excluding hydrogens is 388 g/mol. The van der Waals surface area contributed by atoms with E-state index < -0.39 is 0 Å². The van der Waals surface area contributed by atoms with E-state index in [1.165, 1.54) is 6.08 Å². The minimum Gasteiger partial charge on any atom is -0.397 e. The van der Waals surface area contributed by atoms with Crippen LogP contribution in [0.25, 0.3) is 11.1 Å². The Labute approximate surface area is 182 Å². The predicted molar refractivity (Wildman–Crippen MR) is 125 cm³/mol. The summed E-state index contributed by atoms with van der Waals surface area (Å²) in [5.41, 5.74) is 9.85. The number of nitrogens with one attached hydrogen (secondary N) is 2. The first-order valence-corrected chi connectivity index (χ1v) is 10.2. The van der Waals surface area contributed by atoms with Crippen LogP contribution in [-0.2, 0) is 9.59 Å². The van der Waals surface area contributed by atoms with Crippen LogP contribution < -0.4 is 16.4 Å². The van der Waals surface area contributed by atoms with Crippen molar-refractivity contribution in [1.82, 2.24) is 4.98 Å². The van der Waals surface area contributed by atoms with E-state index in [9.17, 15) is 9.59 Å². The van der Waals surface area contributed by atoms with E-state index in [0.29, 0.717) is 29.9 Å². The third-order valence-corrected chi connectivity index (χ3v) is 4.66. The number of hydrogen-bond donors (Lipinski definition) is 3. The Kier molecular flexibility index (Phi) is 7.94. The molecule has 0 saturated heterocycles. The van der Waals surface area contributed by atoms with E-state index in [2.05, 4.69) is 15.6 Å². The lowest BCUT2D eigenvalue weighted by atomic mass is 10.0. The topological polar surface area (TPSA) is 97.1 Å². The highest BCUT2D eigenvalue weighted by molar-refractivity contribution is 6.01. The van der Waals surface area contributed by atoms with Crippen LogP contribution in [-0.4, -0.2) is 16.8 Å². The van der Waals surface area contributed by atoms with Gasteiger partial charge in [-0.1, -0.05) is 42.5 Å². The van der Waals surface area contributed by atoms with Crippen LogP contribution >= 0.6 is 0 Å². The van der Waals surface area contributed by atoms with Gasteiger partial charge >= 0.3 is 0 Å². The number of pyridine rings is 1. The summed E-state index contributed by atoms with van der Waals surface area (Å²) in [7, 11) is 0. The fourth-order valence-corrected chi connectivity index (χ4v) is 3.05. The summed E-state index contributed by atoms with van der Waals surface area (Å²) >= 11 is 0. The SMILES string of the molecule is Nc1ccc(-c2ccccc2)cc1NC(=O)/C=C/CCCCC(=O)Nc1cccnc1. The molecule has 6 heteroatoms. The lowest BCUT2D eigenvalue weighted by Gasteiger charge is -2.09. The second-order valence-corrected chi connectivity index (χ2v) is 7.10. The van der Waals surface area contributed by atoms with E-state index in [-0.39, 0.29) is 11.8 Å². The van der Waals surface area contributed by atoms with Gasteiger partial charge in [-0.3, -0.25) is 14.6 Å². The summed E-state index contributed by atoms with van der Waals surface area (Å²) in [6, 6.07) is 19.1. The van der Waals surface area contributed by atoms with Crippen LogP contribution in [0, 0.1) is 0 Å². The molecular formula is C25H26N4O2. The number of nitrogens with zero attached hydrogens (tertiary/aromatic N) is 1. The van der Waals surface area contributed by atoms with E-state index >= 15 is 0 Å². The first kappa shape index (κ1) is 21.8. The number of unbranched alkanes of at least 4 members (excludes halogenated alkanes) is 2. The van der Waals surface area contributed by atoms with Gasteiger partial charge < -0.3 is 16.4 Å². The fourth-order valence-electron chi connectivity index (χ4n) is 3.05. The Hall–Kier alpha value is -3.93. The van der Waals surface area contributed by atoms with Crippen LogP contribution in [0.15, 0.2) is 85.2 Å². The zero-order valence-corrected chi connectivity index (χ0v) is 17.3. The number of benzene rings is 2. The third kappa shape index (κ3) is 7.12. The van der Waals surface area contributed by atoms with Crippen LogP contribution in [0.3, 0.4) is 0 Å². The molecule has 0 bridgehead atoms. The van der Waals surface area contributed by atoms with Gasteiger partial charge in [0.15, 0.2) is 0 Å². The van der Waals surface area contributed by atoms with E-state index in [1.807, 2.05) is 48.5 Å². The maximum atomic E-state index is 12.2. The lowest BCUT2D eigenvalue weighted by molar-refractivity contribution is -0.116. The van der Waals surface area contributed by atoms with E-state index in [1.54, 1.807) is 30.6 Å². The zero-order valence-electron chi connectivity index (χ0n) is 17.3. The van der Waals surface area contributed by atoms with Gasteiger partial charge in [-0.25, -0.2) is 0 Å². The number of allylic oxidation sites excluding steroid dienone is 1. The standard InChI is InChI=1S/C25H26N4O2/c26-22-15-14-20(19-9-4-3-5-10-19)17-23(22)29-25(31)13-7-2-1-6-12-24(30)28-21-11-8-16-27-18-21/h3-5,7-11,13-18H,1-2,6,12,26H2,(H,28,30)(H,29,31)/b13-7+. The first-order valence-electron chi connectivity index (χ1n) is 10.2. The van der Waals surface area contributed by atoms with Crippen LogP contribution in [0.5, 0.6) is 0 Å². The minimum atomic E-state index is -0.230. The molecule has 0 radical (unpaired) electrons. The molecule has 0 aliphatic heterocycles. The average Bonchev–Trinajstić information content (AvgIpc) is 2.79. The fraction of sp³-hybridized carbons (Fsp3) is 0.160. The molecule has 3 aromatic rings. The molecule has 0 saturated carbocycles. The Morgan fingerprint density at radius 3 is 2.55 bits per heavy atom. The zero-order chi connectivity index (χ0) is 21.9. The van der Waals surface area contributed by atoms with Crippen molar-refractivity contribution in [2.45, 2.75) is 25.7 Å². The molecule has 2 aromatic carbocycles. The number of nitrogen functional groups attached to an aromatic ring is 1. The second-order valence-electron chi connectivity index (χ2n) is 7.10. The van der Waals surface area contributed by atoms with Crippen molar-refractivity contribution in [3.05, 3.63) is 85.2 Å². The number of nitrogens with two attached hydrogens (primary N) is 1. The number of anilines is 3. The molecule has 6 nitrogen and oxygen atoms in total. The van der Waals surface area contributed by atoms with Gasteiger partial charge in [0.1, 0.15) is 0 Å². The van der Waals surface area contributed by atoms with Crippen molar-refractivity contribution in [2.24, 2.45) is 0 Å². The Bertz CT molecular complexity index is 1030. The van der Waals surface area contributed by atoms with Crippen molar-refractivity contribution in [3.63, 3.8) is 0 Å². The summed E-state index contributed by atoms with van der Waals surface area (Å²) in [6.45, 7) is 0. The third-order valence-electron chi connectivity index (χ3n) is 4.66. The molecule has 0 fully saturated rings. The number of rotatable bonds is 9. The van der Waals surface area contributed by atoms with E-state index in [0.717, 1.165) is 24.0 Å². The highest BCUT2D eigenvalue weighted by atomic mass is 16.2. The molecule has 4 N–H and O–H groups in total. The summed E-state index contributed by atoms with van der Waals surface area (Å²) < 4.78 is 0. The normalized spacial score (nSPS) is 10.7. The average molecular weight is 415 g/mol. The highest BCUT2D eigenvalue weighted by Gasteiger charge is 2.06. The minimum absolute atomic E-state index is 0.0384. The van der Waals surface area contributed by atoms with Gasteiger partial charge in [0.2, 0.25) is 11.8 Å². The summed E-state index contributed by atoms with van der Waals surface area (Å²) in [5.74, 6) is -0.269. The molecule has 0 atom stereocenters. The largest absolute Gasteiger partial charge is 0.397 e. The second kappa shape index (κ2) is 11.3. The Morgan fingerprint density at radius 2 is 1.77 bits per heavy atom. The summed E-state index contributed by atoms with van der Waals surface area (Å²) in [6.07, 6.45) is 9.29. The van der Waals surface area contributed by atoms with Gasteiger partial charge in [0, 0.05) is 12.6 Å². The number of amides is 2. The van der Waals surface area contributed by atoms with Crippen molar-refractivity contribution >= 4 is 28.9 Å². The number of hydrogen-bond acceptors (Lipinski definition) is 4. The molecule has 1 heterocycles. The molecule has 2 amide bonds. The monoisotopic (exact) mass is 414 g/mol. The van der Waals surface area contributed by atoms with Gasteiger partial charge in [0.05, 0.1) is 23.3 Å². The van der Waals surface area contributed by atoms with Gasteiger partial charge in [-0.15, -0.1) is 0 Å². The van der Waals surface area contributed by atoms with Crippen LogP contribution in [0.4, 0.5) is 17.1 Å². The van der Waals surface area contributed by atoms with Gasteiger partial charge in [-0.05, 0) is 60.7 Å². The van der Waals surface area contributed by atoms with Gasteiger partial charge in [0.25, 0.3) is 0 Å². The molecule has 3 rings (SSSR count). The number of carbonyl (C=O) groups is 2. The van der Waals surface area contributed by atoms with Crippen molar-refractivity contribution in [3.8, 4) is 11.1 Å². The number of carbonyl (C=O) groups excluding carboxylic acids is 2. The quantitative estimate of drug-likeness (QED) is 0.260. The van der Waals surface area contributed by atoms with Crippen molar-refractivity contribution in [2.75, 3.05) is 16.4 Å².